The smallest absolute Gasteiger partial charge is 0.139 e. The van der Waals surface area contributed by atoms with Gasteiger partial charge in [-0.15, -0.1) is 0 Å². The number of nitrogens with one attached hydrogen (secondary N) is 1. The maximum absolute atomic E-state index is 5.90. The Morgan fingerprint density at radius 1 is 1.42 bits per heavy atom. The number of nitrogens with zero attached hydrogens (tertiary/aromatic N) is 2. The fourth-order valence-corrected chi connectivity index (χ4v) is 2.98. The van der Waals surface area contributed by atoms with E-state index in [-0.39, 0.29) is 6.10 Å². The van der Waals surface area contributed by atoms with Gasteiger partial charge in [-0.25, -0.2) is 4.98 Å². The molecule has 19 heavy (non-hydrogen) atoms. The molecule has 1 aliphatic heterocycles. The van der Waals surface area contributed by atoms with Crippen LogP contribution in [0.25, 0.3) is 0 Å². The van der Waals surface area contributed by atoms with Crippen LogP contribution in [0.1, 0.15) is 57.9 Å². The Bertz CT molecular complexity index is 371. The summed E-state index contributed by atoms with van der Waals surface area (Å²) in [6.45, 7) is 5.34. The molecule has 0 bridgehead atoms. The van der Waals surface area contributed by atoms with Crippen molar-refractivity contribution >= 4 is 0 Å². The third-order valence-corrected chi connectivity index (χ3v) is 3.93. The number of hydrogen-bond donors (Lipinski definition) is 1. The van der Waals surface area contributed by atoms with E-state index in [0.29, 0.717) is 12.1 Å². The number of ether oxygens (including phenoxy) is 1. The first kappa shape index (κ1) is 14.5. The van der Waals surface area contributed by atoms with Gasteiger partial charge in [0.1, 0.15) is 11.9 Å². The first-order valence-corrected chi connectivity index (χ1v) is 7.61. The standard InChI is InChI=1S/C15H27N3O/c1-4-6-12(7-5-2)17-13-8-11-19-14(13)15-16-9-10-18(15)3/h9-10,12-14,17H,4-8,11H2,1-3H3/t13-,14-/m0/s1. The van der Waals surface area contributed by atoms with Gasteiger partial charge in [0.05, 0.1) is 0 Å². The van der Waals surface area contributed by atoms with Crippen LogP contribution in [0.3, 0.4) is 0 Å². The second-order valence-corrected chi connectivity index (χ2v) is 5.52. The maximum Gasteiger partial charge on any atom is 0.139 e. The van der Waals surface area contributed by atoms with E-state index in [0.717, 1.165) is 18.9 Å². The monoisotopic (exact) mass is 265 g/mol. The van der Waals surface area contributed by atoms with Crippen LogP contribution in [0.15, 0.2) is 12.4 Å². The van der Waals surface area contributed by atoms with Crippen LogP contribution >= 0.6 is 0 Å². The molecule has 1 aromatic heterocycles. The van der Waals surface area contributed by atoms with Crippen LogP contribution in [0.2, 0.25) is 0 Å². The molecule has 0 spiro atoms. The molecule has 2 heterocycles. The zero-order valence-electron chi connectivity index (χ0n) is 12.4. The molecule has 4 heteroatoms. The summed E-state index contributed by atoms with van der Waals surface area (Å²) in [6, 6.07) is 1.02. The van der Waals surface area contributed by atoms with Crippen molar-refractivity contribution in [3.8, 4) is 0 Å². The minimum Gasteiger partial charge on any atom is -0.369 e. The van der Waals surface area contributed by atoms with Crippen molar-refractivity contribution < 1.29 is 4.74 Å². The molecule has 4 nitrogen and oxygen atoms in total. The molecule has 0 saturated carbocycles. The number of imidazole rings is 1. The zero-order valence-corrected chi connectivity index (χ0v) is 12.4. The second kappa shape index (κ2) is 7.06. The van der Waals surface area contributed by atoms with Crippen molar-refractivity contribution in [2.75, 3.05) is 6.61 Å². The fourth-order valence-electron chi connectivity index (χ4n) is 2.98. The van der Waals surface area contributed by atoms with Crippen molar-refractivity contribution in [2.24, 2.45) is 7.05 Å². The van der Waals surface area contributed by atoms with Crippen LogP contribution in [0, 0.1) is 0 Å². The van der Waals surface area contributed by atoms with Gasteiger partial charge in [0.2, 0.25) is 0 Å². The largest absolute Gasteiger partial charge is 0.369 e. The molecule has 1 fully saturated rings. The summed E-state index contributed by atoms with van der Waals surface area (Å²) >= 11 is 0. The molecular formula is C15H27N3O. The number of hydrogen-bond acceptors (Lipinski definition) is 3. The Labute approximate surface area is 116 Å². The predicted molar refractivity (Wildman–Crippen MR) is 77.0 cm³/mol. The van der Waals surface area contributed by atoms with E-state index in [4.69, 9.17) is 4.74 Å². The Kier molecular flexibility index (Phi) is 5.40. The molecule has 2 rings (SSSR count). The van der Waals surface area contributed by atoms with Crippen LogP contribution in [-0.4, -0.2) is 28.2 Å². The van der Waals surface area contributed by atoms with Gasteiger partial charge in [0, 0.05) is 38.1 Å². The van der Waals surface area contributed by atoms with Gasteiger partial charge in [0.15, 0.2) is 0 Å². The van der Waals surface area contributed by atoms with Crippen LogP contribution in [-0.2, 0) is 11.8 Å². The van der Waals surface area contributed by atoms with Crippen molar-refractivity contribution in [3.05, 3.63) is 18.2 Å². The predicted octanol–water partition coefficient (Wildman–Crippen LogP) is 2.81. The summed E-state index contributed by atoms with van der Waals surface area (Å²) in [6.07, 6.45) is 10.00. The quantitative estimate of drug-likeness (QED) is 0.824. The van der Waals surface area contributed by atoms with Crippen LogP contribution < -0.4 is 5.32 Å². The third kappa shape index (κ3) is 3.57. The molecule has 0 aliphatic carbocycles. The first-order chi connectivity index (χ1) is 9.26. The summed E-state index contributed by atoms with van der Waals surface area (Å²) in [5.41, 5.74) is 0. The lowest BCUT2D eigenvalue weighted by Gasteiger charge is -2.25. The molecule has 2 atom stereocenters. The highest BCUT2D eigenvalue weighted by atomic mass is 16.5. The summed E-state index contributed by atoms with van der Waals surface area (Å²) in [4.78, 5) is 4.45. The van der Waals surface area contributed by atoms with E-state index < -0.39 is 0 Å². The van der Waals surface area contributed by atoms with Gasteiger partial charge < -0.3 is 14.6 Å². The molecule has 1 aliphatic rings. The van der Waals surface area contributed by atoms with Gasteiger partial charge in [-0.2, -0.15) is 0 Å². The topological polar surface area (TPSA) is 39.1 Å². The summed E-state index contributed by atoms with van der Waals surface area (Å²) in [5, 5.41) is 3.81. The summed E-state index contributed by atoms with van der Waals surface area (Å²) < 4.78 is 7.97. The molecular weight excluding hydrogens is 238 g/mol. The highest BCUT2D eigenvalue weighted by Crippen LogP contribution is 2.28. The molecule has 1 aromatic rings. The van der Waals surface area contributed by atoms with Crippen LogP contribution in [0.5, 0.6) is 0 Å². The average Bonchev–Trinajstić information content (AvgIpc) is 2.98. The van der Waals surface area contributed by atoms with E-state index >= 15 is 0 Å². The van der Waals surface area contributed by atoms with Gasteiger partial charge in [0.25, 0.3) is 0 Å². The summed E-state index contributed by atoms with van der Waals surface area (Å²) in [5.74, 6) is 1.04. The normalized spacial score (nSPS) is 23.4. The SMILES string of the molecule is CCCC(CCC)N[C@H]1CCO[C@@H]1c1nccn1C. The van der Waals surface area contributed by atoms with E-state index in [1.54, 1.807) is 0 Å². The van der Waals surface area contributed by atoms with Crippen molar-refractivity contribution in [1.82, 2.24) is 14.9 Å². The molecule has 0 aromatic carbocycles. The van der Waals surface area contributed by atoms with Gasteiger partial charge in [-0.05, 0) is 19.3 Å². The number of aryl methyl sites for hydroxylation is 1. The molecule has 0 unspecified atom stereocenters. The average molecular weight is 265 g/mol. The van der Waals surface area contributed by atoms with Crippen molar-refractivity contribution in [3.63, 3.8) is 0 Å². The maximum atomic E-state index is 5.90. The molecule has 1 saturated heterocycles. The van der Waals surface area contributed by atoms with E-state index in [1.165, 1.54) is 25.7 Å². The lowest BCUT2D eigenvalue weighted by Crippen LogP contribution is -2.40. The second-order valence-electron chi connectivity index (χ2n) is 5.52. The van der Waals surface area contributed by atoms with Gasteiger partial charge >= 0.3 is 0 Å². The molecule has 1 N–H and O–H groups in total. The van der Waals surface area contributed by atoms with Gasteiger partial charge in [-0.1, -0.05) is 26.7 Å². The highest BCUT2D eigenvalue weighted by molar-refractivity contribution is 5.03. The van der Waals surface area contributed by atoms with E-state index in [1.807, 2.05) is 19.4 Å². The molecule has 0 radical (unpaired) electrons. The summed E-state index contributed by atoms with van der Waals surface area (Å²) in [7, 11) is 2.04. The first-order valence-electron chi connectivity index (χ1n) is 7.61. The Morgan fingerprint density at radius 3 is 2.74 bits per heavy atom. The van der Waals surface area contributed by atoms with Gasteiger partial charge in [-0.3, -0.25) is 0 Å². The Hall–Kier alpha value is -0.870. The lowest BCUT2D eigenvalue weighted by molar-refractivity contribution is 0.0865. The minimum atomic E-state index is 0.108. The number of rotatable bonds is 7. The van der Waals surface area contributed by atoms with E-state index in [2.05, 4.69) is 28.7 Å². The lowest BCUT2D eigenvalue weighted by atomic mass is 10.0. The van der Waals surface area contributed by atoms with Crippen molar-refractivity contribution in [1.29, 1.82) is 0 Å². The zero-order chi connectivity index (χ0) is 13.7. The Morgan fingerprint density at radius 2 is 2.16 bits per heavy atom. The van der Waals surface area contributed by atoms with Crippen LogP contribution in [0.4, 0.5) is 0 Å². The number of aromatic nitrogens is 2. The molecule has 0 amide bonds. The van der Waals surface area contributed by atoms with E-state index in [9.17, 15) is 0 Å². The highest BCUT2D eigenvalue weighted by Gasteiger charge is 2.33. The van der Waals surface area contributed by atoms with Crippen molar-refractivity contribution in [2.45, 2.75) is 64.1 Å². The minimum absolute atomic E-state index is 0.108. The molecule has 108 valence electrons. The fraction of sp³-hybridized carbons (Fsp3) is 0.800. The third-order valence-electron chi connectivity index (χ3n) is 3.93. The Balaban J connectivity index is 2.00.